The normalized spacial score (nSPS) is 13.4. The molecule has 0 atom stereocenters. The second-order valence-electron chi connectivity index (χ2n) is 6.15. The molecular weight excluding hydrogens is 386 g/mol. The Morgan fingerprint density at radius 1 is 1.15 bits per heavy atom. The van der Waals surface area contributed by atoms with E-state index in [9.17, 15) is 9.59 Å². The maximum atomic E-state index is 11.9. The first-order valence-corrected chi connectivity index (χ1v) is 9.90. The molecular formula is C19H20ClN3O3S. The van der Waals surface area contributed by atoms with Crippen molar-refractivity contribution in [2.24, 2.45) is 0 Å². The molecule has 2 heterocycles. The van der Waals surface area contributed by atoms with Crippen molar-refractivity contribution in [2.75, 3.05) is 19.6 Å². The molecule has 1 amide bonds. The summed E-state index contributed by atoms with van der Waals surface area (Å²) >= 11 is 6.98. The zero-order chi connectivity index (χ0) is 19.2. The van der Waals surface area contributed by atoms with Crippen molar-refractivity contribution in [3.05, 3.63) is 51.2 Å². The maximum absolute atomic E-state index is 11.9. The molecule has 0 bridgehead atoms. The third-order valence-corrected chi connectivity index (χ3v) is 5.42. The van der Waals surface area contributed by atoms with Gasteiger partial charge in [-0.3, -0.25) is 15.0 Å². The number of hydrogen-bond donors (Lipinski definition) is 2. The van der Waals surface area contributed by atoms with Crippen molar-refractivity contribution in [1.82, 2.24) is 10.2 Å². The minimum atomic E-state index is -0.429. The number of carbonyl (C=O) groups is 2. The van der Waals surface area contributed by atoms with Crippen molar-refractivity contribution >= 4 is 40.6 Å². The minimum absolute atomic E-state index is 0.0657. The zero-order valence-corrected chi connectivity index (χ0v) is 16.2. The van der Waals surface area contributed by atoms with Crippen LogP contribution in [0.15, 0.2) is 36.4 Å². The van der Waals surface area contributed by atoms with Crippen molar-refractivity contribution < 1.29 is 14.3 Å². The molecule has 0 radical (unpaired) electrons. The van der Waals surface area contributed by atoms with Gasteiger partial charge in [-0.2, -0.15) is 0 Å². The van der Waals surface area contributed by atoms with E-state index < -0.39 is 5.97 Å². The molecule has 1 aliphatic heterocycles. The molecule has 6 nitrogen and oxygen atoms in total. The van der Waals surface area contributed by atoms with Crippen LogP contribution in [0, 0.1) is 5.41 Å². The van der Waals surface area contributed by atoms with E-state index >= 15 is 0 Å². The van der Waals surface area contributed by atoms with Gasteiger partial charge in [0, 0.05) is 25.2 Å². The lowest BCUT2D eigenvalue weighted by Gasteiger charge is -2.18. The van der Waals surface area contributed by atoms with Crippen LogP contribution in [0.25, 0.3) is 0 Å². The lowest BCUT2D eigenvalue weighted by molar-refractivity contribution is -0.134. The molecule has 0 spiro atoms. The highest BCUT2D eigenvalue weighted by atomic mass is 35.5. The fraction of sp³-hybridized carbons (Fsp3) is 0.316. The van der Waals surface area contributed by atoms with Gasteiger partial charge in [0.2, 0.25) is 0 Å². The Labute approximate surface area is 166 Å². The summed E-state index contributed by atoms with van der Waals surface area (Å²) in [5, 5.41) is 10.9. The topological polar surface area (TPSA) is 82.5 Å². The molecule has 1 aromatic heterocycles. The zero-order valence-electron chi connectivity index (χ0n) is 14.7. The van der Waals surface area contributed by atoms with Crippen LogP contribution in [0.3, 0.4) is 0 Å². The van der Waals surface area contributed by atoms with Crippen molar-refractivity contribution in [1.29, 1.82) is 5.41 Å². The molecule has 3 rings (SSSR count). The molecule has 0 unspecified atom stereocenters. The summed E-state index contributed by atoms with van der Waals surface area (Å²) < 4.78 is 5.82. The van der Waals surface area contributed by atoms with Crippen LogP contribution >= 0.6 is 22.9 Å². The van der Waals surface area contributed by atoms with Gasteiger partial charge < -0.3 is 15.0 Å². The first-order chi connectivity index (χ1) is 13.0. The average molecular weight is 406 g/mol. The van der Waals surface area contributed by atoms with Gasteiger partial charge in [-0.15, -0.1) is 11.3 Å². The van der Waals surface area contributed by atoms with E-state index in [4.69, 9.17) is 21.7 Å². The number of ether oxygens (including phenoxy) is 1. The van der Waals surface area contributed by atoms with Gasteiger partial charge in [0.1, 0.15) is 11.6 Å². The van der Waals surface area contributed by atoms with Gasteiger partial charge in [0.05, 0.1) is 15.6 Å². The number of carbonyl (C=O) groups excluding carboxylic acids is 2. The second-order valence-corrected chi connectivity index (χ2v) is 7.87. The monoisotopic (exact) mass is 405 g/mol. The van der Waals surface area contributed by atoms with E-state index in [0.717, 1.165) is 31.5 Å². The maximum Gasteiger partial charge on any atom is 0.312 e. The highest BCUT2D eigenvalue weighted by Gasteiger charge is 2.16. The fourth-order valence-electron chi connectivity index (χ4n) is 2.79. The molecule has 2 aromatic rings. The van der Waals surface area contributed by atoms with Crippen LogP contribution < -0.4 is 10.1 Å². The van der Waals surface area contributed by atoms with E-state index in [1.807, 2.05) is 4.90 Å². The quantitative estimate of drug-likeness (QED) is 0.333. The second kappa shape index (κ2) is 9.01. The number of halogens is 1. The van der Waals surface area contributed by atoms with Crippen LogP contribution in [0.1, 0.15) is 34.5 Å². The standard InChI is InChI=1S/C19H20ClN3O3S/c20-16-8-7-15(27-16)19(25)22-10-9-17(24)26-14-5-3-13(4-6-14)18(21)23-11-1-2-12-23/h3-8,21H,1-2,9-12H2,(H,22,25). The summed E-state index contributed by atoms with van der Waals surface area (Å²) in [5.41, 5.74) is 0.804. The average Bonchev–Trinajstić information content (AvgIpc) is 3.33. The third kappa shape index (κ3) is 5.30. The van der Waals surface area contributed by atoms with Gasteiger partial charge in [0.15, 0.2) is 0 Å². The van der Waals surface area contributed by atoms with Crippen LogP contribution in [0.2, 0.25) is 4.34 Å². The Morgan fingerprint density at radius 3 is 2.48 bits per heavy atom. The minimum Gasteiger partial charge on any atom is -0.426 e. The van der Waals surface area contributed by atoms with Gasteiger partial charge in [-0.25, -0.2) is 0 Å². The lowest BCUT2D eigenvalue weighted by Crippen LogP contribution is -2.27. The number of likely N-dealkylation sites (tertiary alicyclic amines) is 1. The van der Waals surface area contributed by atoms with E-state index in [1.54, 1.807) is 36.4 Å². The van der Waals surface area contributed by atoms with E-state index in [0.29, 0.717) is 20.8 Å². The number of rotatable bonds is 6. The van der Waals surface area contributed by atoms with Crippen molar-refractivity contribution in [2.45, 2.75) is 19.3 Å². The summed E-state index contributed by atoms with van der Waals surface area (Å²) in [6.45, 7) is 2.02. The molecule has 142 valence electrons. The highest BCUT2D eigenvalue weighted by Crippen LogP contribution is 2.21. The van der Waals surface area contributed by atoms with Gasteiger partial charge in [-0.05, 0) is 49.2 Å². The van der Waals surface area contributed by atoms with Gasteiger partial charge in [0.25, 0.3) is 5.91 Å². The third-order valence-electron chi connectivity index (χ3n) is 4.19. The van der Waals surface area contributed by atoms with E-state index in [2.05, 4.69) is 5.32 Å². The summed E-state index contributed by atoms with van der Waals surface area (Å²) in [6.07, 6.45) is 2.30. The molecule has 0 saturated carbocycles. The molecule has 1 aromatic carbocycles. The summed E-state index contributed by atoms with van der Waals surface area (Å²) in [7, 11) is 0. The first kappa shape index (κ1) is 19.4. The molecule has 27 heavy (non-hydrogen) atoms. The summed E-state index contributed by atoms with van der Waals surface area (Å²) in [4.78, 5) is 26.3. The van der Waals surface area contributed by atoms with E-state index in [-0.39, 0.29) is 18.9 Å². The lowest BCUT2D eigenvalue weighted by atomic mass is 10.2. The number of benzene rings is 1. The number of nitrogens with one attached hydrogen (secondary N) is 2. The SMILES string of the molecule is N=C(c1ccc(OC(=O)CCNC(=O)c2ccc(Cl)s2)cc1)N1CCCC1. The Balaban J connectivity index is 1.43. The number of nitrogens with zero attached hydrogens (tertiary/aromatic N) is 1. The van der Waals surface area contributed by atoms with E-state index in [1.165, 1.54) is 11.3 Å². The number of thiophene rings is 1. The Bertz CT molecular complexity index is 829. The number of esters is 1. The Morgan fingerprint density at radius 2 is 1.85 bits per heavy atom. The van der Waals surface area contributed by atoms with Crippen molar-refractivity contribution in [3.8, 4) is 5.75 Å². The molecule has 8 heteroatoms. The highest BCUT2D eigenvalue weighted by molar-refractivity contribution is 7.17. The van der Waals surface area contributed by atoms with Crippen LogP contribution in [-0.4, -0.2) is 42.2 Å². The predicted octanol–water partition coefficient (Wildman–Crippen LogP) is 3.55. The Kier molecular flexibility index (Phi) is 6.47. The molecule has 1 fully saturated rings. The fourth-order valence-corrected chi connectivity index (χ4v) is 3.75. The summed E-state index contributed by atoms with van der Waals surface area (Å²) in [5.74, 6) is 0.238. The predicted molar refractivity (Wildman–Crippen MR) is 106 cm³/mol. The molecule has 1 aliphatic rings. The largest absolute Gasteiger partial charge is 0.426 e. The Hall–Kier alpha value is -2.38. The molecule has 2 N–H and O–H groups in total. The van der Waals surface area contributed by atoms with Crippen molar-refractivity contribution in [3.63, 3.8) is 0 Å². The summed E-state index contributed by atoms with van der Waals surface area (Å²) in [6, 6.07) is 10.2. The van der Waals surface area contributed by atoms with Crippen LogP contribution in [0.5, 0.6) is 5.75 Å². The van der Waals surface area contributed by atoms with Crippen LogP contribution in [0.4, 0.5) is 0 Å². The molecule has 1 saturated heterocycles. The van der Waals surface area contributed by atoms with Crippen LogP contribution in [-0.2, 0) is 4.79 Å². The number of hydrogen-bond acceptors (Lipinski definition) is 5. The molecule has 0 aliphatic carbocycles. The first-order valence-electron chi connectivity index (χ1n) is 8.71. The smallest absolute Gasteiger partial charge is 0.312 e. The number of amides is 1. The van der Waals surface area contributed by atoms with Gasteiger partial charge in [-0.1, -0.05) is 11.6 Å². The number of amidine groups is 1. The van der Waals surface area contributed by atoms with Gasteiger partial charge >= 0.3 is 5.97 Å².